The monoisotopic (exact) mass is 227 g/mol. The maximum Gasteiger partial charge on any atom is 0.307 e. The molecule has 0 radical (unpaired) electrons. The van der Waals surface area contributed by atoms with E-state index in [2.05, 4.69) is 4.98 Å². The van der Waals surface area contributed by atoms with Gasteiger partial charge >= 0.3 is 5.97 Å². The second kappa shape index (κ2) is 3.84. The van der Waals surface area contributed by atoms with Crippen LogP contribution in [0, 0.1) is 0 Å². The zero-order valence-electron chi connectivity index (χ0n) is 9.39. The van der Waals surface area contributed by atoms with Crippen molar-refractivity contribution in [3.8, 4) is 0 Å². The Labute approximate surface area is 99.1 Å². The molecule has 1 aromatic carbocycles. The molecule has 1 aromatic heterocycles. The molecule has 1 N–H and O–H groups in total. The van der Waals surface area contributed by atoms with Gasteiger partial charge in [-0.3, -0.25) is 9.78 Å². The van der Waals surface area contributed by atoms with Crippen molar-refractivity contribution in [3.05, 3.63) is 41.6 Å². The second-order valence-electron chi connectivity index (χ2n) is 4.57. The lowest BCUT2D eigenvalue weighted by molar-refractivity contribution is -0.136. The summed E-state index contributed by atoms with van der Waals surface area (Å²) in [6, 6.07) is 9.72. The Morgan fingerprint density at radius 2 is 2.12 bits per heavy atom. The first-order valence-corrected chi connectivity index (χ1v) is 5.84. The third kappa shape index (κ3) is 2.00. The predicted octanol–water partition coefficient (Wildman–Crippen LogP) is 2.74. The summed E-state index contributed by atoms with van der Waals surface area (Å²) in [6.45, 7) is 0. The number of aromatic nitrogens is 1. The Hall–Kier alpha value is -1.90. The molecule has 3 heteroatoms. The topological polar surface area (TPSA) is 50.2 Å². The molecule has 0 bridgehead atoms. The predicted molar refractivity (Wildman–Crippen MR) is 65.1 cm³/mol. The molecular formula is C14H13NO2. The Balaban J connectivity index is 2.17. The first kappa shape index (κ1) is 10.3. The molecule has 1 aliphatic carbocycles. The van der Waals surface area contributed by atoms with Crippen LogP contribution in [0.1, 0.15) is 30.0 Å². The minimum Gasteiger partial charge on any atom is -0.481 e. The van der Waals surface area contributed by atoms with E-state index in [0.717, 1.165) is 22.2 Å². The van der Waals surface area contributed by atoms with Crippen molar-refractivity contribution in [1.82, 2.24) is 4.98 Å². The molecule has 17 heavy (non-hydrogen) atoms. The highest BCUT2D eigenvalue weighted by atomic mass is 16.4. The van der Waals surface area contributed by atoms with Crippen LogP contribution in [0.5, 0.6) is 0 Å². The maximum atomic E-state index is 10.9. The zero-order chi connectivity index (χ0) is 11.8. The largest absolute Gasteiger partial charge is 0.481 e. The number of hydrogen-bond acceptors (Lipinski definition) is 2. The van der Waals surface area contributed by atoms with Gasteiger partial charge in [-0.05, 0) is 30.5 Å². The summed E-state index contributed by atoms with van der Waals surface area (Å²) in [6.07, 6.45) is 2.43. The average Bonchev–Trinajstić information content (AvgIpc) is 3.12. The van der Waals surface area contributed by atoms with Crippen LogP contribution < -0.4 is 0 Å². The number of benzene rings is 1. The van der Waals surface area contributed by atoms with E-state index in [1.165, 1.54) is 12.8 Å². The van der Waals surface area contributed by atoms with Gasteiger partial charge < -0.3 is 5.11 Å². The van der Waals surface area contributed by atoms with Crippen LogP contribution >= 0.6 is 0 Å². The van der Waals surface area contributed by atoms with E-state index in [1.54, 1.807) is 0 Å². The van der Waals surface area contributed by atoms with E-state index in [1.807, 2.05) is 30.3 Å². The Bertz CT molecular complexity index is 588. The van der Waals surface area contributed by atoms with Crippen molar-refractivity contribution in [2.45, 2.75) is 25.2 Å². The van der Waals surface area contributed by atoms with Gasteiger partial charge in [0.2, 0.25) is 0 Å². The van der Waals surface area contributed by atoms with Crippen LogP contribution in [-0.4, -0.2) is 16.1 Å². The number of nitrogens with zero attached hydrogens (tertiary/aromatic N) is 1. The van der Waals surface area contributed by atoms with Gasteiger partial charge in [-0.25, -0.2) is 0 Å². The molecule has 3 nitrogen and oxygen atoms in total. The van der Waals surface area contributed by atoms with Crippen molar-refractivity contribution < 1.29 is 9.90 Å². The van der Waals surface area contributed by atoms with Crippen LogP contribution in [0.15, 0.2) is 30.3 Å². The number of para-hydroxylation sites is 1. The van der Waals surface area contributed by atoms with Gasteiger partial charge in [-0.1, -0.05) is 18.2 Å². The third-order valence-corrected chi connectivity index (χ3v) is 3.16. The van der Waals surface area contributed by atoms with Crippen molar-refractivity contribution in [1.29, 1.82) is 0 Å². The van der Waals surface area contributed by atoms with Crippen LogP contribution in [0.2, 0.25) is 0 Å². The molecule has 3 rings (SSSR count). The fraction of sp³-hybridized carbons (Fsp3) is 0.286. The van der Waals surface area contributed by atoms with Crippen LogP contribution in [0.4, 0.5) is 0 Å². The molecule has 2 aromatic rings. The number of pyridine rings is 1. The summed E-state index contributed by atoms with van der Waals surface area (Å²) in [5, 5.41) is 9.91. The van der Waals surface area contributed by atoms with Crippen LogP contribution in [0.25, 0.3) is 10.9 Å². The molecule has 0 amide bonds. The summed E-state index contributed by atoms with van der Waals surface area (Å²) in [4.78, 5) is 15.5. The lowest BCUT2D eigenvalue weighted by atomic mass is 10.0. The van der Waals surface area contributed by atoms with Crippen LogP contribution in [-0.2, 0) is 11.2 Å². The molecule has 1 saturated carbocycles. The van der Waals surface area contributed by atoms with Gasteiger partial charge in [0.15, 0.2) is 0 Å². The zero-order valence-corrected chi connectivity index (χ0v) is 9.39. The fourth-order valence-corrected chi connectivity index (χ4v) is 2.17. The normalized spacial score (nSPS) is 15.1. The van der Waals surface area contributed by atoms with Crippen molar-refractivity contribution in [2.75, 3.05) is 0 Å². The van der Waals surface area contributed by atoms with Crippen molar-refractivity contribution in [2.24, 2.45) is 0 Å². The van der Waals surface area contributed by atoms with Crippen molar-refractivity contribution in [3.63, 3.8) is 0 Å². The Kier molecular flexibility index (Phi) is 2.32. The molecule has 0 aliphatic heterocycles. The first-order valence-electron chi connectivity index (χ1n) is 5.84. The Morgan fingerprint density at radius 3 is 2.82 bits per heavy atom. The lowest BCUT2D eigenvalue weighted by Gasteiger charge is -2.07. The fourth-order valence-electron chi connectivity index (χ4n) is 2.17. The molecule has 86 valence electrons. The summed E-state index contributed by atoms with van der Waals surface area (Å²) in [5.74, 6) is -0.241. The molecule has 0 spiro atoms. The quantitative estimate of drug-likeness (QED) is 0.877. The third-order valence-electron chi connectivity index (χ3n) is 3.16. The van der Waals surface area contributed by atoms with E-state index in [0.29, 0.717) is 5.92 Å². The molecule has 0 atom stereocenters. The molecular weight excluding hydrogens is 214 g/mol. The van der Waals surface area contributed by atoms with Crippen LogP contribution in [0.3, 0.4) is 0 Å². The summed E-state index contributed by atoms with van der Waals surface area (Å²) in [5.41, 5.74) is 2.85. The van der Waals surface area contributed by atoms with Gasteiger partial charge in [0.05, 0.1) is 11.9 Å². The van der Waals surface area contributed by atoms with E-state index >= 15 is 0 Å². The number of aliphatic carboxylic acids is 1. The van der Waals surface area contributed by atoms with Gasteiger partial charge in [-0.2, -0.15) is 0 Å². The summed E-state index contributed by atoms with van der Waals surface area (Å²) >= 11 is 0. The minimum absolute atomic E-state index is 0.0722. The molecule has 1 heterocycles. The van der Waals surface area contributed by atoms with Crippen molar-refractivity contribution >= 4 is 16.9 Å². The van der Waals surface area contributed by atoms with E-state index in [9.17, 15) is 4.79 Å². The first-order chi connectivity index (χ1) is 8.24. The summed E-state index contributed by atoms with van der Waals surface area (Å²) in [7, 11) is 0. The standard InChI is InChI=1S/C14H13NO2/c16-14(17)8-10-7-13(9-5-6-9)15-12-4-2-1-3-11(10)12/h1-4,7,9H,5-6,8H2,(H,16,17). The maximum absolute atomic E-state index is 10.9. The van der Waals surface area contributed by atoms with Gasteiger partial charge in [0.25, 0.3) is 0 Å². The minimum atomic E-state index is -0.789. The summed E-state index contributed by atoms with van der Waals surface area (Å²) < 4.78 is 0. The Morgan fingerprint density at radius 1 is 1.35 bits per heavy atom. The number of rotatable bonds is 3. The van der Waals surface area contributed by atoms with E-state index in [-0.39, 0.29) is 6.42 Å². The highest BCUT2D eigenvalue weighted by Crippen LogP contribution is 2.40. The van der Waals surface area contributed by atoms with Gasteiger partial charge in [-0.15, -0.1) is 0 Å². The second-order valence-corrected chi connectivity index (χ2v) is 4.57. The molecule has 1 aliphatic rings. The highest BCUT2D eigenvalue weighted by molar-refractivity contribution is 5.86. The van der Waals surface area contributed by atoms with E-state index in [4.69, 9.17) is 5.11 Å². The average molecular weight is 227 g/mol. The SMILES string of the molecule is O=C(O)Cc1cc(C2CC2)nc2ccccc12. The lowest BCUT2D eigenvalue weighted by Crippen LogP contribution is -2.02. The number of carboxylic acids is 1. The smallest absolute Gasteiger partial charge is 0.307 e. The molecule has 0 unspecified atom stereocenters. The number of hydrogen-bond donors (Lipinski definition) is 1. The molecule has 1 fully saturated rings. The van der Waals surface area contributed by atoms with Gasteiger partial charge in [0, 0.05) is 17.0 Å². The van der Waals surface area contributed by atoms with E-state index < -0.39 is 5.97 Å². The highest BCUT2D eigenvalue weighted by Gasteiger charge is 2.26. The van der Waals surface area contributed by atoms with Gasteiger partial charge in [0.1, 0.15) is 0 Å². The number of fused-ring (bicyclic) bond motifs is 1. The number of carboxylic acid groups (broad SMARTS) is 1. The molecule has 0 saturated heterocycles. The number of carbonyl (C=O) groups is 1.